The van der Waals surface area contributed by atoms with E-state index in [0.29, 0.717) is 25.3 Å². The van der Waals surface area contributed by atoms with Gasteiger partial charge in [0.05, 0.1) is 0 Å². The molecule has 0 radical (unpaired) electrons. The van der Waals surface area contributed by atoms with Crippen LogP contribution in [-0.2, 0) is 11.2 Å². The molecular weight excluding hydrogens is 352 g/mol. The predicted molar refractivity (Wildman–Crippen MR) is 106 cm³/mol. The number of ketones is 1. The number of piperidine rings is 1. The lowest BCUT2D eigenvalue weighted by Gasteiger charge is -2.31. The second-order valence-corrected chi connectivity index (χ2v) is 7.16. The third-order valence-electron chi connectivity index (χ3n) is 5.17. The zero-order chi connectivity index (χ0) is 19.3. The minimum Gasteiger partial charge on any atom is -0.355 e. The number of nitrogens with zero attached hydrogens (tertiary/aromatic N) is 2. The van der Waals surface area contributed by atoms with E-state index in [1.807, 2.05) is 60.7 Å². The van der Waals surface area contributed by atoms with Crippen LogP contribution >= 0.6 is 0 Å². The third-order valence-corrected chi connectivity index (χ3v) is 5.17. The Labute approximate surface area is 164 Å². The molecule has 0 bridgehead atoms. The van der Waals surface area contributed by atoms with Crippen LogP contribution in [0.4, 0.5) is 0 Å². The highest BCUT2D eigenvalue weighted by Gasteiger charge is 2.30. The van der Waals surface area contributed by atoms with Gasteiger partial charge in [-0.2, -0.15) is 0 Å². The number of aromatic nitrogens is 1. The van der Waals surface area contributed by atoms with Crippen LogP contribution in [0, 0.1) is 5.92 Å². The molecule has 2 heterocycles. The summed E-state index contributed by atoms with van der Waals surface area (Å²) in [6.45, 7) is 1.08. The molecule has 1 aliphatic heterocycles. The van der Waals surface area contributed by atoms with Crippen molar-refractivity contribution < 1.29 is 14.1 Å². The Morgan fingerprint density at radius 1 is 1.04 bits per heavy atom. The van der Waals surface area contributed by atoms with E-state index >= 15 is 0 Å². The average molecular weight is 374 g/mol. The molecule has 1 fully saturated rings. The van der Waals surface area contributed by atoms with Crippen LogP contribution in [0.3, 0.4) is 0 Å². The second kappa shape index (κ2) is 8.21. The maximum atomic E-state index is 12.9. The maximum absolute atomic E-state index is 12.9. The van der Waals surface area contributed by atoms with Gasteiger partial charge in [-0.05, 0) is 18.4 Å². The molecule has 1 aliphatic rings. The summed E-state index contributed by atoms with van der Waals surface area (Å²) in [5, 5.41) is 3.95. The van der Waals surface area contributed by atoms with Crippen molar-refractivity contribution in [1.82, 2.24) is 10.1 Å². The highest BCUT2D eigenvalue weighted by Crippen LogP contribution is 2.23. The molecule has 0 spiro atoms. The van der Waals surface area contributed by atoms with E-state index in [2.05, 4.69) is 5.16 Å². The maximum Gasteiger partial charge on any atom is 0.276 e. The first-order chi connectivity index (χ1) is 13.7. The van der Waals surface area contributed by atoms with Gasteiger partial charge in [0.25, 0.3) is 5.91 Å². The van der Waals surface area contributed by atoms with Crippen molar-refractivity contribution in [1.29, 1.82) is 0 Å². The summed E-state index contributed by atoms with van der Waals surface area (Å²) in [5.41, 5.74) is 2.18. The molecule has 2 aromatic carbocycles. The smallest absolute Gasteiger partial charge is 0.276 e. The molecule has 28 heavy (non-hydrogen) atoms. The molecule has 5 heteroatoms. The fourth-order valence-electron chi connectivity index (χ4n) is 3.64. The topological polar surface area (TPSA) is 63.4 Å². The van der Waals surface area contributed by atoms with Crippen LogP contribution in [0.1, 0.15) is 28.9 Å². The first kappa shape index (κ1) is 18.2. The summed E-state index contributed by atoms with van der Waals surface area (Å²) in [7, 11) is 0. The van der Waals surface area contributed by atoms with Crippen molar-refractivity contribution in [2.75, 3.05) is 13.1 Å². The number of hydrogen-bond donors (Lipinski definition) is 0. The van der Waals surface area contributed by atoms with Gasteiger partial charge in [0.1, 0.15) is 5.78 Å². The summed E-state index contributed by atoms with van der Waals surface area (Å²) < 4.78 is 5.35. The van der Waals surface area contributed by atoms with Crippen molar-refractivity contribution in [2.45, 2.75) is 19.3 Å². The molecule has 1 saturated heterocycles. The Bertz CT molecular complexity index is 950. The van der Waals surface area contributed by atoms with E-state index in [1.165, 1.54) is 0 Å². The predicted octanol–water partition coefficient (Wildman–Crippen LogP) is 4.01. The van der Waals surface area contributed by atoms with Gasteiger partial charge < -0.3 is 9.42 Å². The number of carbonyl (C=O) groups excluding carboxylic acids is 2. The monoisotopic (exact) mass is 374 g/mol. The van der Waals surface area contributed by atoms with Gasteiger partial charge in [-0.15, -0.1) is 0 Å². The van der Waals surface area contributed by atoms with E-state index in [1.54, 1.807) is 11.0 Å². The Hall–Kier alpha value is -3.21. The van der Waals surface area contributed by atoms with Crippen molar-refractivity contribution in [2.24, 2.45) is 5.92 Å². The quantitative estimate of drug-likeness (QED) is 0.677. The molecule has 1 atom stereocenters. The standard InChI is InChI=1S/C23H22N2O3/c26-21(14-17-8-3-1-4-9-17)19-12-7-13-25(16-19)23(27)20-15-22(28-24-20)18-10-5-2-6-11-18/h1-6,8-11,15,19H,7,12-14,16H2/t19-/m0/s1. The van der Waals surface area contributed by atoms with Crippen LogP contribution < -0.4 is 0 Å². The number of likely N-dealkylation sites (tertiary alicyclic amines) is 1. The number of carbonyl (C=O) groups is 2. The van der Waals surface area contributed by atoms with Gasteiger partial charge >= 0.3 is 0 Å². The summed E-state index contributed by atoms with van der Waals surface area (Å²) in [6, 6.07) is 21.0. The Morgan fingerprint density at radius 2 is 1.75 bits per heavy atom. The third kappa shape index (κ3) is 4.03. The van der Waals surface area contributed by atoms with E-state index < -0.39 is 0 Å². The molecule has 0 saturated carbocycles. The summed E-state index contributed by atoms with van der Waals surface area (Å²) in [5.74, 6) is 0.452. The van der Waals surface area contributed by atoms with Crippen LogP contribution in [0.2, 0.25) is 0 Å². The lowest BCUT2D eigenvalue weighted by Crippen LogP contribution is -2.42. The van der Waals surface area contributed by atoms with Crippen LogP contribution in [0.5, 0.6) is 0 Å². The first-order valence-corrected chi connectivity index (χ1v) is 9.59. The lowest BCUT2D eigenvalue weighted by atomic mass is 9.90. The van der Waals surface area contributed by atoms with Crippen molar-refractivity contribution in [3.8, 4) is 11.3 Å². The highest BCUT2D eigenvalue weighted by molar-refractivity contribution is 5.94. The van der Waals surface area contributed by atoms with E-state index in [9.17, 15) is 9.59 Å². The van der Waals surface area contributed by atoms with Crippen LogP contribution in [0.25, 0.3) is 11.3 Å². The van der Waals surface area contributed by atoms with Gasteiger partial charge in [0.15, 0.2) is 11.5 Å². The Morgan fingerprint density at radius 3 is 2.50 bits per heavy atom. The molecule has 5 nitrogen and oxygen atoms in total. The Balaban J connectivity index is 1.42. The SMILES string of the molecule is O=C(Cc1ccccc1)[C@H]1CCCN(C(=O)c2cc(-c3ccccc3)on2)C1. The number of hydrogen-bond acceptors (Lipinski definition) is 4. The zero-order valence-corrected chi connectivity index (χ0v) is 15.6. The van der Waals surface area contributed by atoms with E-state index in [-0.39, 0.29) is 23.3 Å². The summed E-state index contributed by atoms with van der Waals surface area (Å²) in [6.07, 6.45) is 2.06. The minimum atomic E-state index is -0.178. The van der Waals surface area contributed by atoms with Gasteiger partial charge in [-0.1, -0.05) is 65.8 Å². The van der Waals surface area contributed by atoms with Crippen molar-refractivity contribution in [3.05, 3.63) is 78.0 Å². The van der Waals surface area contributed by atoms with E-state index in [0.717, 1.165) is 24.0 Å². The van der Waals surface area contributed by atoms with Crippen molar-refractivity contribution in [3.63, 3.8) is 0 Å². The van der Waals surface area contributed by atoms with E-state index in [4.69, 9.17) is 4.52 Å². The second-order valence-electron chi connectivity index (χ2n) is 7.16. The molecule has 0 unspecified atom stereocenters. The molecule has 1 aromatic heterocycles. The average Bonchev–Trinajstić information content (AvgIpc) is 3.25. The Kier molecular flexibility index (Phi) is 5.33. The molecule has 0 aliphatic carbocycles. The van der Waals surface area contributed by atoms with Gasteiger partial charge in [0.2, 0.25) is 0 Å². The summed E-state index contributed by atoms with van der Waals surface area (Å²) in [4.78, 5) is 27.3. The molecule has 0 N–H and O–H groups in total. The number of benzene rings is 2. The van der Waals surface area contributed by atoms with Crippen LogP contribution in [-0.4, -0.2) is 34.8 Å². The highest BCUT2D eigenvalue weighted by atomic mass is 16.5. The fraction of sp³-hybridized carbons (Fsp3) is 0.261. The largest absolute Gasteiger partial charge is 0.355 e. The normalized spacial score (nSPS) is 16.7. The minimum absolute atomic E-state index is 0.126. The summed E-state index contributed by atoms with van der Waals surface area (Å²) >= 11 is 0. The van der Waals surface area contributed by atoms with Gasteiger partial charge in [0, 0.05) is 37.1 Å². The molecule has 4 rings (SSSR count). The zero-order valence-electron chi connectivity index (χ0n) is 15.6. The number of amides is 1. The molecular formula is C23H22N2O3. The van der Waals surface area contributed by atoms with Gasteiger partial charge in [-0.3, -0.25) is 9.59 Å². The fourth-order valence-corrected chi connectivity index (χ4v) is 3.64. The van der Waals surface area contributed by atoms with Crippen molar-refractivity contribution >= 4 is 11.7 Å². The van der Waals surface area contributed by atoms with Gasteiger partial charge in [-0.25, -0.2) is 0 Å². The first-order valence-electron chi connectivity index (χ1n) is 9.59. The molecule has 3 aromatic rings. The molecule has 1 amide bonds. The number of Topliss-reactive ketones (excluding diaryl/α,β-unsaturated/α-hetero) is 1. The van der Waals surface area contributed by atoms with Crippen LogP contribution in [0.15, 0.2) is 71.3 Å². The number of rotatable bonds is 5. The lowest BCUT2D eigenvalue weighted by molar-refractivity contribution is -0.123. The molecule has 142 valence electrons.